The predicted molar refractivity (Wildman–Crippen MR) is 78.3 cm³/mol. The van der Waals surface area contributed by atoms with Gasteiger partial charge in [0.15, 0.2) is 5.76 Å². The molecule has 0 atom stereocenters. The van der Waals surface area contributed by atoms with Crippen molar-refractivity contribution in [2.45, 2.75) is 20.5 Å². The second kappa shape index (κ2) is 6.11. The van der Waals surface area contributed by atoms with E-state index in [4.69, 9.17) is 15.0 Å². The minimum Gasteiger partial charge on any atom is -0.484 e. The molecule has 2 rings (SSSR count). The Morgan fingerprint density at radius 2 is 2.15 bits per heavy atom. The van der Waals surface area contributed by atoms with E-state index in [2.05, 4.69) is 15.9 Å². The number of aryl methyl sites for hydroxylation is 2. The number of hydrazine groups is 1. The molecule has 5 nitrogen and oxygen atoms in total. The first-order chi connectivity index (χ1) is 9.51. The van der Waals surface area contributed by atoms with Gasteiger partial charge in [0.1, 0.15) is 18.1 Å². The van der Waals surface area contributed by atoms with Crippen LogP contribution in [0.5, 0.6) is 5.75 Å². The molecule has 0 aliphatic rings. The summed E-state index contributed by atoms with van der Waals surface area (Å²) in [6.07, 6.45) is 0. The molecular formula is C14H15BrN2O3. The fourth-order valence-electron chi connectivity index (χ4n) is 1.78. The average Bonchev–Trinajstić information content (AvgIpc) is 2.78. The molecule has 0 aliphatic carbocycles. The van der Waals surface area contributed by atoms with Gasteiger partial charge in [-0.2, -0.15) is 0 Å². The lowest BCUT2D eigenvalue weighted by Gasteiger charge is -2.07. The topological polar surface area (TPSA) is 77.5 Å². The highest BCUT2D eigenvalue weighted by Crippen LogP contribution is 2.27. The first-order valence-corrected chi connectivity index (χ1v) is 6.79. The molecule has 0 spiro atoms. The van der Waals surface area contributed by atoms with E-state index in [0.29, 0.717) is 5.76 Å². The third-order valence-corrected chi connectivity index (χ3v) is 3.38. The van der Waals surface area contributed by atoms with E-state index in [-0.39, 0.29) is 12.4 Å². The summed E-state index contributed by atoms with van der Waals surface area (Å²) >= 11 is 3.44. The number of rotatable bonds is 4. The minimum absolute atomic E-state index is 0.203. The molecule has 0 aliphatic heterocycles. The quantitative estimate of drug-likeness (QED) is 0.510. The summed E-state index contributed by atoms with van der Waals surface area (Å²) < 4.78 is 12.0. The van der Waals surface area contributed by atoms with E-state index < -0.39 is 5.91 Å². The van der Waals surface area contributed by atoms with Crippen molar-refractivity contribution in [1.82, 2.24) is 5.43 Å². The Labute approximate surface area is 125 Å². The normalized spacial score (nSPS) is 10.4. The predicted octanol–water partition coefficient (Wildman–Crippen LogP) is 2.84. The Balaban J connectivity index is 2.09. The van der Waals surface area contributed by atoms with Crippen molar-refractivity contribution >= 4 is 21.8 Å². The van der Waals surface area contributed by atoms with E-state index in [9.17, 15) is 4.79 Å². The Morgan fingerprint density at radius 3 is 2.80 bits per heavy atom. The molecule has 0 saturated heterocycles. The van der Waals surface area contributed by atoms with Crippen LogP contribution in [0.1, 0.15) is 27.4 Å². The second-order valence-corrected chi connectivity index (χ2v) is 5.28. The number of carbonyl (C=O) groups excluding carboxylic acids is 1. The van der Waals surface area contributed by atoms with Crippen molar-refractivity contribution in [3.8, 4) is 5.75 Å². The van der Waals surface area contributed by atoms with Crippen LogP contribution in [-0.2, 0) is 6.61 Å². The van der Waals surface area contributed by atoms with Gasteiger partial charge in [-0.25, -0.2) is 5.84 Å². The molecule has 20 heavy (non-hydrogen) atoms. The fraction of sp³-hybridized carbons (Fsp3) is 0.214. The van der Waals surface area contributed by atoms with Gasteiger partial charge in [0.25, 0.3) is 0 Å². The maximum absolute atomic E-state index is 11.4. The number of ether oxygens (including phenoxy) is 1. The van der Waals surface area contributed by atoms with Crippen LogP contribution in [0.25, 0.3) is 0 Å². The smallest absolute Gasteiger partial charge is 0.301 e. The van der Waals surface area contributed by atoms with Crippen LogP contribution in [0.15, 0.2) is 33.2 Å². The third kappa shape index (κ3) is 3.20. The first kappa shape index (κ1) is 14.6. The van der Waals surface area contributed by atoms with Crippen LogP contribution < -0.4 is 16.0 Å². The van der Waals surface area contributed by atoms with Crippen LogP contribution in [0, 0.1) is 13.8 Å². The number of nitrogen functional groups attached to an aromatic ring is 1. The zero-order valence-corrected chi connectivity index (χ0v) is 12.8. The number of hydrogen-bond acceptors (Lipinski definition) is 4. The van der Waals surface area contributed by atoms with E-state index in [0.717, 1.165) is 21.3 Å². The minimum atomic E-state index is -0.453. The maximum atomic E-state index is 11.4. The van der Waals surface area contributed by atoms with Crippen molar-refractivity contribution < 1.29 is 13.9 Å². The Hall–Kier alpha value is -1.79. The molecule has 1 heterocycles. The number of furan rings is 1. The summed E-state index contributed by atoms with van der Waals surface area (Å²) in [5, 5.41) is 0. The molecule has 0 bridgehead atoms. The lowest BCUT2D eigenvalue weighted by Crippen LogP contribution is -2.30. The van der Waals surface area contributed by atoms with Crippen LogP contribution in [0.3, 0.4) is 0 Å². The molecule has 0 saturated carbocycles. The maximum Gasteiger partial charge on any atom is 0.301 e. The highest BCUT2D eigenvalue weighted by atomic mass is 79.9. The van der Waals surface area contributed by atoms with Crippen LogP contribution >= 0.6 is 15.9 Å². The Bertz CT molecular complexity index is 637. The highest BCUT2D eigenvalue weighted by molar-refractivity contribution is 9.10. The fourth-order valence-corrected chi connectivity index (χ4v) is 2.39. The van der Waals surface area contributed by atoms with Gasteiger partial charge >= 0.3 is 5.91 Å². The largest absolute Gasteiger partial charge is 0.484 e. The van der Waals surface area contributed by atoms with E-state index in [1.165, 1.54) is 0 Å². The average molecular weight is 339 g/mol. The summed E-state index contributed by atoms with van der Waals surface area (Å²) in [5.41, 5.74) is 3.90. The number of nitrogens with one attached hydrogen (secondary N) is 1. The lowest BCUT2D eigenvalue weighted by molar-refractivity contribution is 0.0921. The molecule has 2 aromatic rings. The second-order valence-electron chi connectivity index (χ2n) is 4.42. The molecule has 6 heteroatoms. The zero-order valence-electron chi connectivity index (χ0n) is 11.2. The molecule has 1 amide bonds. The number of carbonyl (C=O) groups is 1. The van der Waals surface area contributed by atoms with Gasteiger partial charge in [-0.15, -0.1) is 0 Å². The van der Waals surface area contributed by atoms with Gasteiger partial charge in [-0.1, -0.05) is 6.07 Å². The number of hydrogen-bond donors (Lipinski definition) is 2. The van der Waals surface area contributed by atoms with Crippen LogP contribution in [0.4, 0.5) is 0 Å². The summed E-state index contributed by atoms with van der Waals surface area (Å²) in [7, 11) is 0. The third-order valence-electron chi connectivity index (χ3n) is 2.76. The van der Waals surface area contributed by atoms with Gasteiger partial charge in [0.05, 0.1) is 4.47 Å². The van der Waals surface area contributed by atoms with Crippen molar-refractivity contribution in [3.05, 3.63) is 51.4 Å². The highest BCUT2D eigenvalue weighted by Gasteiger charge is 2.15. The van der Waals surface area contributed by atoms with Gasteiger partial charge in [-0.05, 0) is 53.5 Å². The van der Waals surface area contributed by atoms with E-state index in [1.54, 1.807) is 13.0 Å². The number of nitrogens with two attached hydrogens (primary N) is 1. The van der Waals surface area contributed by atoms with Gasteiger partial charge < -0.3 is 9.15 Å². The number of halogens is 1. The summed E-state index contributed by atoms with van der Waals surface area (Å²) in [4.78, 5) is 11.4. The molecule has 0 fully saturated rings. The van der Waals surface area contributed by atoms with Crippen molar-refractivity contribution in [1.29, 1.82) is 0 Å². The van der Waals surface area contributed by atoms with Crippen molar-refractivity contribution in [3.63, 3.8) is 0 Å². The number of amides is 1. The Kier molecular flexibility index (Phi) is 4.46. The molecule has 0 unspecified atom stereocenters. The molecular weight excluding hydrogens is 324 g/mol. The SMILES string of the molecule is Cc1ccc(OCc2cc(C)c(C(=O)NN)o2)c(Br)c1. The van der Waals surface area contributed by atoms with Crippen molar-refractivity contribution in [2.75, 3.05) is 0 Å². The number of benzene rings is 1. The molecule has 106 valence electrons. The van der Waals surface area contributed by atoms with Crippen LogP contribution in [0.2, 0.25) is 0 Å². The van der Waals surface area contributed by atoms with Crippen molar-refractivity contribution in [2.24, 2.45) is 5.84 Å². The van der Waals surface area contributed by atoms with Gasteiger partial charge in [0, 0.05) is 5.56 Å². The van der Waals surface area contributed by atoms with E-state index >= 15 is 0 Å². The van der Waals surface area contributed by atoms with E-state index in [1.807, 2.05) is 30.5 Å². The summed E-state index contributed by atoms with van der Waals surface area (Å²) in [6.45, 7) is 4.02. The van der Waals surface area contributed by atoms with Gasteiger partial charge in [0.2, 0.25) is 0 Å². The van der Waals surface area contributed by atoms with Crippen LogP contribution in [-0.4, -0.2) is 5.91 Å². The Morgan fingerprint density at radius 1 is 1.40 bits per heavy atom. The zero-order chi connectivity index (χ0) is 14.7. The van der Waals surface area contributed by atoms with Gasteiger partial charge in [-0.3, -0.25) is 10.2 Å². The lowest BCUT2D eigenvalue weighted by atomic mass is 10.2. The molecule has 0 radical (unpaired) electrons. The molecule has 1 aromatic carbocycles. The standard InChI is InChI=1S/C14H15BrN2O3/c1-8-3-4-12(11(15)5-8)19-7-10-6-9(2)13(20-10)14(18)17-16/h3-6H,7,16H2,1-2H3,(H,17,18). The summed E-state index contributed by atoms with van der Waals surface area (Å²) in [5.74, 6) is 6.11. The molecule has 1 aromatic heterocycles. The monoisotopic (exact) mass is 338 g/mol. The first-order valence-electron chi connectivity index (χ1n) is 6.00. The molecule has 3 N–H and O–H groups in total. The summed E-state index contributed by atoms with van der Waals surface area (Å²) in [6, 6.07) is 7.56.